The van der Waals surface area contributed by atoms with E-state index in [4.69, 9.17) is 0 Å². The molecule has 1 aromatic carbocycles. The van der Waals surface area contributed by atoms with Gasteiger partial charge in [0.25, 0.3) is 5.91 Å². The number of likely N-dealkylation sites (tertiary alicyclic amines) is 1. The maximum atomic E-state index is 12.6. The molecule has 1 amide bonds. The monoisotopic (exact) mass is 317 g/mol. The Balaban J connectivity index is 1.84. The molecule has 2 heterocycles. The Bertz CT molecular complexity index is 671. The van der Waals surface area contributed by atoms with Crippen molar-refractivity contribution >= 4 is 17.7 Å². The van der Waals surface area contributed by atoms with Gasteiger partial charge in [0, 0.05) is 49.3 Å². The standard InChI is InChI=1S/C16H19N3O2S/c1-22-16-17-6-8-19(16)14-4-2-3-13(9-14)15(21)18-7-5-12(10-18)11-20/h2-4,6,8-9,12,20H,5,7,10-11H2,1H3. The summed E-state index contributed by atoms with van der Waals surface area (Å²) in [5, 5.41) is 10.1. The smallest absolute Gasteiger partial charge is 0.253 e. The Labute approximate surface area is 134 Å². The SMILES string of the molecule is CSc1nccn1-c1cccc(C(=O)N2CCC(CO)C2)c1. The van der Waals surface area contributed by atoms with Gasteiger partial charge in [0.15, 0.2) is 5.16 Å². The highest BCUT2D eigenvalue weighted by Gasteiger charge is 2.26. The van der Waals surface area contributed by atoms with Crippen molar-refractivity contribution in [2.45, 2.75) is 11.6 Å². The minimum atomic E-state index is 0.0311. The van der Waals surface area contributed by atoms with E-state index in [1.54, 1.807) is 18.0 Å². The van der Waals surface area contributed by atoms with Crippen LogP contribution in [0.1, 0.15) is 16.8 Å². The molecule has 6 heteroatoms. The van der Waals surface area contributed by atoms with Crippen molar-refractivity contribution in [3.8, 4) is 5.69 Å². The summed E-state index contributed by atoms with van der Waals surface area (Å²) in [7, 11) is 0. The number of thioether (sulfide) groups is 1. The summed E-state index contributed by atoms with van der Waals surface area (Å²) in [5.41, 5.74) is 1.61. The third-order valence-electron chi connectivity index (χ3n) is 3.99. The number of aromatic nitrogens is 2. The molecule has 0 saturated carbocycles. The van der Waals surface area contributed by atoms with Crippen LogP contribution in [0.25, 0.3) is 5.69 Å². The molecular formula is C16H19N3O2S. The molecule has 1 saturated heterocycles. The fourth-order valence-electron chi connectivity index (χ4n) is 2.77. The lowest BCUT2D eigenvalue weighted by molar-refractivity contribution is 0.0782. The quantitative estimate of drug-likeness (QED) is 0.877. The lowest BCUT2D eigenvalue weighted by Gasteiger charge is -2.17. The van der Waals surface area contributed by atoms with Crippen molar-refractivity contribution in [3.63, 3.8) is 0 Å². The maximum Gasteiger partial charge on any atom is 0.253 e. The van der Waals surface area contributed by atoms with Gasteiger partial charge in [-0.3, -0.25) is 9.36 Å². The molecule has 1 fully saturated rings. The van der Waals surface area contributed by atoms with Crippen molar-refractivity contribution in [1.82, 2.24) is 14.5 Å². The first-order valence-electron chi connectivity index (χ1n) is 7.31. The number of aliphatic hydroxyl groups is 1. The van der Waals surface area contributed by atoms with E-state index in [0.29, 0.717) is 12.1 Å². The van der Waals surface area contributed by atoms with Gasteiger partial charge in [-0.1, -0.05) is 17.8 Å². The molecule has 116 valence electrons. The van der Waals surface area contributed by atoms with Crippen molar-refractivity contribution in [2.75, 3.05) is 26.0 Å². The molecule has 1 unspecified atom stereocenters. The number of amides is 1. The van der Waals surface area contributed by atoms with Crippen LogP contribution in [-0.4, -0.2) is 51.4 Å². The summed E-state index contributed by atoms with van der Waals surface area (Å²) in [6, 6.07) is 7.61. The van der Waals surface area contributed by atoms with E-state index in [9.17, 15) is 9.90 Å². The number of hydrogen-bond acceptors (Lipinski definition) is 4. The zero-order valence-corrected chi connectivity index (χ0v) is 13.3. The van der Waals surface area contributed by atoms with Crippen molar-refractivity contribution in [2.24, 2.45) is 5.92 Å². The minimum absolute atomic E-state index is 0.0311. The highest BCUT2D eigenvalue weighted by atomic mass is 32.2. The summed E-state index contributed by atoms with van der Waals surface area (Å²) in [6.07, 6.45) is 6.51. The second kappa shape index (κ2) is 6.54. The van der Waals surface area contributed by atoms with Gasteiger partial charge < -0.3 is 10.0 Å². The van der Waals surface area contributed by atoms with Gasteiger partial charge in [-0.15, -0.1) is 0 Å². The van der Waals surface area contributed by atoms with E-state index in [1.165, 1.54) is 0 Å². The van der Waals surface area contributed by atoms with E-state index in [2.05, 4.69) is 4.98 Å². The fraction of sp³-hybridized carbons (Fsp3) is 0.375. The fourth-order valence-corrected chi connectivity index (χ4v) is 3.30. The van der Waals surface area contributed by atoms with Crippen LogP contribution in [0.15, 0.2) is 41.8 Å². The molecule has 3 rings (SSSR count). The molecule has 5 nitrogen and oxygen atoms in total. The lowest BCUT2D eigenvalue weighted by atomic mass is 10.1. The number of nitrogens with zero attached hydrogens (tertiary/aromatic N) is 3. The Morgan fingerprint density at radius 3 is 3.09 bits per heavy atom. The van der Waals surface area contributed by atoms with Crippen LogP contribution in [0.2, 0.25) is 0 Å². The molecule has 1 aliphatic rings. The molecule has 1 aliphatic heterocycles. The summed E-state index contributed by atoms with van der Waals surface area (Å²) < 4.78 is 1.97. The second-order valence-electron chi connectivity index (χ2n) is 5.42. The zero-order chi connectivity index (χ0) is 15.5. The molecule has 0 radical (unpaired) electrons. The maximum absolute atomic E-state index is 12.6. The third kappa shape index (κ3) is 2.89. The van der Waals surface area contributed by atoms with Gasteiger partial charge in [0.2, 0.25) is 0 Å². The van der Waals surface area contributed by atoms with Gasteiger partial charge >= 0.3 is 0 Å². The first kappa shape index (κ1) is 15.1. The Morgan fingerprint density at radius 2 is 2.36 bits per heavy atom. The average Bonchev–Trinajstić information content (AvgIpc) is 3.23. The first-order chi connectivity index (χ1) is 10.7. The molecule has 22 heavy (non-hydrogen) atoms. The predicted molar refractivity (Wildman–Crippen MR) is 86.4 cm³/mol. The molecular weight excluding hydrogens is 298 g/mol. The highest BCUT2D eigenvalue weighted by molar-refractivity contribution is 7.98. The van der Waals surface area contributed by atoms with Gasteiger partial charge in [0.1, 0.15) is 0 Å². The molecule has 0 spiro atoms. The van der Waals surface area contributed by atoms with Crippen LogP contribution in [0, 0.1) is 5.92 Å². The van der Waals surface area contributed by atoms with E-state index in [1.807, 2.05) is 46.2 Å². The summed E-state index contributed by atoms with van der Waals surface area (Å²) >= 11 is 1.57. The number of carbonyl (C=O) groups excluding carboxylic acids is 1. The second-order valence-corrected chi connectivity index (χ2v) is 6.20. The van der Waals surface area contributed by atoms with E-state index >= 15 is 0 Å². The summed E-state index contributed by atoms with van der Waals surface area (Å²) in [4.78, 5) is 18.7. The van der Waals surface area contributed by atoms with Crippen LogP contribution < -0.4 is 0 Å². The molecule has 1 aromatic heterocycles. The first-order valence-corrected chi connectivity index (χ1v) is 8.53. The lowest BCUT2D eigenvalue weighted by Crippen LogP contribution is -2.29. The Morgan fingerprint density at radius 1 is 1.50 bits per heavy atom. The highest BCUT2D eigenvalue weighted by Crippen LogP contribution is 2.22. The third-order valence-corrected chi connectivity index (χ3v) is 4.66. The van der Waals surface area contributed by atoms with E-state index < -0.39 is 0 Å². The average molecular weight is 317 g/mol. The summed E-state index contributed by atoms with van der Waals surface area (Å²) in [6.45, 7) is 1.51. The minimum Gasteiger partial charge on any atom is -0.396 e. The van der Waals surface area contributed by atoms with Crippen molar-refractivity contribution in [1.29, 1.82) is 0 Å². The molecule has 2 aromatic rings. The van der Waals surface area contributed by atoms with Crippen LogP contribution in [0.5, 0.6) is 0 Å². The summed E-state index contributed by atoms with van der Waals surface area (Å²) in [5.74, 6) is 0.243. The largest absolute Gasteiger partial charge is 0.396 e. The molecule has 0 bridgehead atoms. The number of benzene rings is 1. The number of carbonyl (C=O) groups is 1. The van der Waals surface area contributed by atoms with Crippen molar-refractivity contribution < 1.29 is 9.90 Å². The van der Waals surface area contributed by atoms with Gasteiger partial charge in [-0.2, -0.15) is 0 Å². The number of aliphatic hydroxyl groups excluding tert-OH is 1. The van der Waals surface area contributed by atoms with Crippen LogP contribution >= 0.6 is 11.8 Å². The van der Waals surface area contributed by atoms with Crippen LogP contribution in [0.4, 0.5) is 0 Å². The van der Waals surface area contributed by atoms with Gasteiger partial charge in [-0.05, 0) is 30.9 Å². The van der Waals surface area contributed by atoms with Crippen LogP contribution in [-0.2, 0) is 0 Å². The number of hydrogen-bond donors (Lipinski definition) is 1. The van der Waals surface area contributed by atoms with E-state index in [-0.39, 0.29) is 18.4 Å². The van der Waals surface area contributed by atoms with E-state index in [0.717, 1.165) is 23.8 Å². The molecule has 0 aliphatic carbocycles. The normalized spacial score (nSPS) is 17.9. The Kier molecular flexibility index (Phi) is 4.49. The van der Waals surface area contributed by atoms with Gasteiger partial charge in [0.05, 0.1) is 0 Å². The van der Waals surface area contributed by atoms with Crippen LogP contribution in [0.3, 0.4) is 0 Å². The Hall–Kier alpha value is -1.79. The molecule has 1 atom stereocenters. The van der Waals surface area contributed by atoms with Crippen molar-refractivity contribution in [3.05, 3.63) is 42.2 Å². The number of rotatable bonds is 4. The van der Waals surface area contributed by atoms with Gasteiger partial charge in [-0.25, -0.2) is 4.98 Å². The topological polar surface area (TPSA) is 58.4 Å². The predicted octanol–water partition coefficient (Wildman–Crippen LogP) is 2.05. The number of imidazole rings is 1. The zero-order valence-electron chi connectivity index (χ0n) is 12.5. The molecule has 1 N–H and O–H groups in total.